The first-order valence-electron chi connectivity index (χ1n) is 7.54. The van der Waals surface area contributed by atoms with Crippen LogP contribution in [0.4, 0.5) is 0 Å². The van der Waals surface area contributed by atoms with Crippen LogP contribution in [-0.2, 0) is 33.3 Å². The molecule has 0 aromatic heterocycles. The number of methoxy groups -OCH3 is 2. The summed E-state index contributed by atoms with van der Waals surface area (Å²) < 4.78 is 25.5. The van der Waals surface area contributed by atoms with E-state index < -0.39 is 61.4 Å². The second kappa shape index (κ2) is 8.58. The molecule has 25 heavy (non-hydrogen) atoms. The van der Waals surface area contributed by atoms with Crippen molar-refractivity contribution in [1.82, 2.24) is 0 Å². The van der Waals surface area contributed by atoms with E-state index >= 15 is 0 Å². The Kier molecular flexibility index (Phi) is 6.96. The van der Waals surface area contributed by atoms with Gasteiger partial charge < -0.3 is 53.7 Å². The number of rotatable bonds is 6. The fourth-order valence-electron chi connectivity index (χ4n) is 2.84. The molecule has 144 valence electrons. The number of aldehydes is 2. The monoisotopic (exact) mass is 366 g/mol. The first-order valence-corrected chi connectivity index (χ1v) is 7.54. The number of aliphatic hydroxyl groups is 4. The van der Waals surface area contributed by atoms with Gasteiger partial charge in [-0.05, 0) is 0 Å². The third-order valence-corrected chi connectivity index (χ3v) is 4.22. The lowest BCUT2D eigenvalue weighted by molar-refractivity contribution is -0.344. The molecule has 0 amide bonds. The number of aliphatic hydroxyl groups excluding tert-OH is 4. The Labute approximate surface area is 143 Å². The molecule has 0 radical (unpaired) electrons. The predicted molar refractivity (Wildman–Crippen MR) is 76.2 cm³/mol. The molecule has 0 aromatic carbocycles. The van der Waals surface area contributed by atoms with Crippen molar-refractivity contribution in [2.24, 2.45) is 0 Å². The molecule has 0 aliphatic carbocycles. The van der Waals surface area contributed by atoms with Gasteiger partial charge in [-0.2, -0.15) is 0 Å². The van der Waals surface area contributed by atoms with Crippen LogP contribution in [0.25, 0.3) is 0 Å². The average Bonchev–Trinajstić information content (AvgIpc) is 2.62. The van der Waals surface area contributed by atoms with E-state index in [4.69, 9.17) is 23.7 Å². The molecule has 0 bridgehead atoms. The van der Waals surface area contributed by atoms with Gasteiger partial charge in [-0.15, -0.1) is 0 Å². The van der Waals surface area contributed by atoms with Gasteiger partial charge in [0, 0.05) is 14.2 Å². The van der Waals surface area contributed by atoms with Crippen LogP contribution in [0.15, 0.2) is 0 Å². The second-order valence-corrected chi connectivity index (χ2v) is 5.71. The molecule has 4 N–H and O–H groups in total. The minimum absolute atomic E-state index is 0.326. The molecule has 2 heterocycles. The quantitative estimate of drug-likeness (QED) is 0.343. The van der Waals surface area contributed by atoms with Crippen LogP contribution < -0.4 is 0 Å². The number of hydrogen-bond donors (Lipinski definition) is 4. The Morgan fingerprint density at radius 2 is 1.20 bits per heavy atom. The van der Waals surface area contributed by atoms with Gasteiger partial charge in [-0.25, -0.2) is 0 Å². The maximum atomic E-state index is 11.2. The number of carbonyl (C=O) groups is 2. The molecule has 11 nitrogen and oxygen atoms in total. The summed E-state index contributed by atoms with van der Waals surface area (Å²) in [4.78, 5) is 22.3. The maximum absolute atomic E-state index is 11.2. The minimum Gasteiger partial charge on any atom is -0.387 e. The van der Waals surface area contributed by atoms with Crippen LogP contribution in [-0.4, -0.2) is 109 Å². The lowest BCUT2D eigenvalue weighted by Gasteiger charge is -2.44. The van der Waals surface area contributed by atoms with E-state index in [1.165, 1.54) is 14.2 Å². The lowest BCUT2D eigenvalue weighted by Crippen LogP contribution is -2.64. The molecule has 2 fully saturated rings. The fourth-order valence-corrected chi connectivity index (χ4v) is 2.84. The Hall–Kier alpha value is -1.02. The summed E-state index contributed by atoms with van der Waals surface area (Å²) in [5.41, 5.74) is 0. The molecule has 2 aliphatic rings. The first-order chi connectivity index (χ1) is 11.9. The van der Waals surface area contributed by atoms with Gasteiger partial charge >= 0.3 is 0 Å². The van der Waals surface area contributed by atoms with Gasteiger partial charge in [-0.1, -0.05) is 0 Å². The Bertz CT molecular complexity index is 460. The average molecular weight is 366 g/mol. The molecule has 2 aliphatic heterocycles. The highest BCUT2D eigenvalue weighted by Crippen LogP contribution is 2.29. The Balaban J connectivity index is 2.15. The smallest absolute Gasteiger partial charge is 0.187 e. The van der Waals surface area contributed by atoms with Crippen LogP contribution >= 0.6 is 0 Å². The maximum Gasteiger partial charge on any atom is 0.187 e. The molecule has 10 unspecified atom stereocenters. The van der Waals surface area contributed by atoms with E-state index in [1.54, 1.807) is 0 Å². The molecule has 2 rings (SSSR count). The van der Waals surface area contributed by atoms with E-state index in [2.05, 4.69) is 0 Å². The summed E-state index contributed by atoms with van der Waals surface area (Å²) in [6, 6.07) is 0. The zero-order chi connectivity index (χ0) is 18.7. The summed E-state index contributed by atoms with van der Waals surface area (Å²) in [6.07, 6.45) is -13.6. The Morgan fingerprint density at radius 1 is 0.720 bits per heavy atom. The van der Waals surface area contributed by atoms with Gasteiger partial charge in [-0.3, -0.25) is 0 Å². The number of hydrogen-bond acceptors (Lipinski definition) is 11. The first kappa shape index (κ1) is 20.3. The van der Waals surface area contributed by atoms with Crippen molar-refractivity contribution in [3.8, 4) is 0 Å². The van der Waals surface area contributed by atoms with Crippen molar-refractivity contribution in [3.63, 3.8) is 0 Å². The van der Waals surface area contributed by atoms with Crippen molar-refractivity contribution < 1.29 is 53.7 Å². The molecule has 2 saturated heterocycles. The fraction of sp³-hybridized carbons (Fsp3) is 0.857. The van der Waals surface area contributed by atoms with E-state index in [1.807, 2.05) is 0 Å². The van der Waals surface area contributed by atoms with Gasteiger partial charge in [0.05, 0.1) is 0 Å². The van der Waals surface area contributed by atoms with Crippen molar-refractivity contribution >= 4 is 12.6 Å². The normalized spacial score (nSPS) is 48.1. The van der Waals surface area contributed by atoms with Crippen LogP contribution in [0.5, 0.6) is 0 Å². The summed E-state index contributed by atoms with van der Waals surface area (Å²) in [6.45, 7) is 0. The van der Waals surface area contributed by atoms with Gasteiger partial charge in [0.15, 0.2) is 25.2 Å². The van der Waals surface area contributed by atoms with Crippen LogP contribution in [0.3, 0.4) is 0 Å². The largest absolute Gasteiger partial charge is 0.387 e. The minimum atomic E-state index is -1.64. The summed E-state index contributed by atoms with van der Waals surface area (Å²) >= 11 is 0. The topological polar surface area (TPSA) is 161 Å². The molecular formula is C14H22O11. The third kappa shape index (κ3) is 3.89. The van der Waals surface area contributed by atoms with E-state index in [9.17, 15) is 30.0 Å². The van der Waals surface area contributed by atoms with Crippen molar-refractivity contribution in [1.29, 1.82) is 0 Å². The second-order valence-electron chi connectivity index (χ2n) is 5.71. The zero-order valence-electron chi connectivity index (χ0n) is 13.6. The van der Waals surface area contributed by atoms with Crippen molar-refractivity contribution in [2.45, 2.75) is 61.4 Å². The highest BCUT2D eigenvalue weighted by atomic mass is 16.7. The molecule has 0 saturated carbocycles. The molecule has 10 atom stereocenters. The van der Waals surface area contributed by atoms with Crippen LogP contribution in [0.1, 0.15) is 0 Å². The van der Waals surface area contributed by atoms with Gasteiger partial charge in [0.1, 0.15) is 48.8 Å². The standard InChI is InChI=1S/C14H22O11/c1-21-11-5(3-15)24-14(10(20)7(11)17)25-12-6(4-16)23-13(22-2)9(19)8(12)18/h3-14,17-20H,1-2H3. The molecule has 0 spiro atoms. The van der Waals surface area contributed by atoms with Crippen LogP contribution in [0, 0.1) is 0 Å². The van der Waals surface area contributed by atoms with E-state index in [-0.39, 0.29) is 0 Å². The molecular weight excluding hydrogens is 344 g/mol. The highest BCUT2D eigenvalue weighted by molar-refractivity contribution is 5.58. The zero-order valence-corrected chi connectivity index (χ0v) is 13.6. The lowest BCUT2D eigenvalue weighted by atomic mass is 9.97. The van der Waals surface area contributed by atoms with Crippen LogP contribution in [0.2, 0.25) is 0 Å². The SMILES string of the molecule is COC1OC(C=O)C(OC2OC(C=O)C(OC)C(O)C2O)C(O)C1O. The summed E-state index contributed by atoms with van der Waals surface area (Å²) in [5, 5.41) is 40.2. The number of carbonyl (C=O) groups excluding carboxylic acids is 2. The summed E-state index contributed by atoms with van der Waals surface area (Å²) in [5.74, 6) is 0. The van der Waals surface area contributed by atoms with Crippen molar-refractivity contribution in [2.75, 3.05) is 14.2 Å². The van der Waals surface area contributed by atoms with E-state index in [0.29, 0.717) is 12.6 Å². The van der Waals surface area contributed by atoms with Crippen molar-refractivity contribution in [3.05, 3.63) is 0 Å². The Morgan fingerprint density at radius 3 is 1.72 bits per heavy atom. The predicted octanol–water partition coefficient (Wildman–Crippen LogP) is -3.68. The van der Waals surface area contributed by atoms with Gasteiger partial charge in [0.2, 0.25) is 0 Å². The third-order valence-electron chi connectivity index (χ3n) is 4.22. The molecule has 0 aromatic rings. The van der Waals surface area contributed by atoms with Gasteiger partial charge in [0.25, 0.3) is 0 Å². The summed E-state index contributed by atoms with van der Waals surface area (Å²) in [7, 11) is 2.44. The highest BCUT2D eigenvalue weighted by Gasteiger charge is 2.51. The number of ether oxygens (including phenoxy) is 5. The van der Waals surface area contributed by atoms with E-state index in [0.717, 1.165) is 0 Å². The molecule has 11 heteroatoms.